The van der Waals surface area contributed by atoms with Gasteiger partial charge in [-0.25, -0.2) is 13.8 Å². The van der Waals surface area contributed by atoms with E-state index < -0.39 is 20.9 Å². The number of ether oxygens (including phenoxy) is 1. The van der Waals surface area contributed by atoms with Crippen molar-refractivity contribution in [3.05, 3.63) is 135 Å². The van der Waals surface area contributed by atoms with Gasteiger partial charge in [-0.15, -0.1) is 0 Å². The van der Waals surface area contributed by atoms with Crippen molar-refractivity contribution in [1.29, 1.82) is 0 Å². The summed E-state index contributed by atoms with van der Waals surface area (Å²) in [6.45, 7) is 0.321. The highest BCUT2D eigenvalue weighted by molar-refractivity contribution is 7.92. The van der Waals surface area contributed by atoms with Gasteiger partial charge in [0.15, 0.2) is 0 Å². The third-order valence-corrected chi connectivity index (χ3v) is 6.93. The van der Waals surface area contributed by atoms with Crippen molar-refractivity contribution >= 4 is 33.5 Å². The van der Waals surface area contributed by atoms with Gasteiger partial charge in [0.25, 0.3) is 11.6 Å². The molecule has 0 fully saturated rings. The maximum Gasteiger partial charge on any atom is 0.273 e. The van der Waals surface area contributed by atoms with E-state index >= 15 is 0 Å². The van der Waals surface area contributed by atoms with Crippen molar-refractivity contribution in [2.45, 2.75) is 13.2 Å². The summed E-state index contributed by atoms with van der Waals surface area (Å²) < 4.78 is 32.2. The first-order valence-corrected chi connectivity index (χ1v) is 14.0. The van der Waals surface area contributed by atoms with Gasteiger partial charge >= 0.3 is 0 Å². The Bertz CT molecular complexity index is 1610. The van der Waals surface area contributed by atoms with Crippen LogP contribution in [0.1, 0.15) is 27.0 Å². The van der Waals surface area contributed by atoms with E-state index in [0.717, 1.165) is 17.4 Å². The van der Waals surface area contributed by atoms with Gasteiger partial charge in [0, 0.05) is 12.1 Å². The number of rotatable bonds is 11. The number of hydrogen-bond acceptors (Lipinski definition) is 7. The number of nitro benzene ring substituents is 1. The number of nitrogens with zero attached hydrogens (tertiary/aromatic N) is 3. The molecule has 0 bridgehead atoms. The van der Waals surface area contributed by atoms with Gasteiger partial charge in [0.05, 0.1) is 35.2 Å². The number of carbonyl (C=O) groups excluding carboxylic acids is 1. The number of amides is 1. The van der Waals surface area contributed by atoms with Crippen LogP contribution in [0.4, 0.5) is 11.4 Å². The van der Waals surface area contributed by atoms with Gasteiger partial charge in [-0.3, -0.25) is 19.2 Å². The summed E-state index contributed by atoms with van der Waals surface area (Å²) in [5, 5.41) is 14.8. The summed E-state index contributed by atoms with van der Waals surface area (Å²) >= 11 is 0. The SMILES string of the molecule is CS(=O)(=O)N(Cc1ccccc1)c1ccccc1C(=O)N/N=C\c1ccc(OCc2ccc([N+](=O)[O-])cc2)cc1. The number of hydrogen-bond donors (Lipinski definition) is 1. The minimum absolute atomic E-state index is 0.0166. The number of hydrazone groups is 1. The van der Waals surface area contributed by atoms with Crippen molar-refractivity contribution in [2.75, 3.05) is 10.6 Å². The standard InChI is InChI=1S/C29H26N4O6S/c1-40(37,38)32(20-23-7-3-2-4-8-23)28-10-6-5-9-27(28)29(34)31-30-19-22-13-17-26(18-14-22)39-21-24-11-15-25(16-12-24)33(35)36/h2-19H,20-21H2,1H3,(H,31,34)/b30-19-. The second-order valence-corrected chi connectivity index (χ2v) is 10.7. The highest BCUT2D eigenvalue weighted by Gasteiger charge is 2.23. The van der Waals surface area contributed by atoms with Crippen LogP contribution in [0.15, 0.2) is 108 Å². The van der Waals surface area contributed by atoms with Crippen LogP contribution in [0.5, 0.6) is 5.75 Å². The van der Waals surface area contributed by atoms with Gasteiger partial charge in [-0.1, -0.05) is 42.5 Å². The largest absolute Gasteiger partial charge is 0.489 e. The summed E-state index contributed by atoms with van der Waals surface area (Å²) in [5.74, 6) is 0.0318. The molecular formula is C29H26N4O6S. The van der Waals surface area contributed by atoms with Crippen molar-refractivity contribution in [3.8, 4) is 5.75 Å². The van der Waals surface area contributed by atoms with Gasteiger partial charge in [0.1, 0.15) is 12.4 Å². The monoisotopic (exact) mass is 558 g/mol. The number of sulfonamides is 1. The maximum atomic E-state index is 13.0. The molecule has 10 nitrogen and oxygen atoms in total. The highest BCUT2D eigenvalue weighted by atomic mass is 32.2. The number of nitrogens with one attached hydrogen (secondary N) is 1. The lowest BCUT2D eigenvalue weighted by atomic mass is 10.1. The zero-order valence-electron chi connectivity index (χ0n) is 21.5. The van der Waals surface area contributed by atoms with Crippen LogP contribution in [-0.4, -0.2) is 31.7 Å². The molecule has 0 aliphatic rings. The highest BCUT2D eigenvalue weighted by Crippen LogP contribution is 2.25. The Morgan fingerprint density at radius 2 is 1.57 bits per heavy atom. The van der Waals surface area contributed by atoms with E-state index in [1.165, 1.54) is 22.7 Å². The fourth-order valence-corrected chi connectivity index (χ4v) is 4.67. The van der Waals surface area contributed by atoms with Gasteiger partial charge in [-0.05, 0) is 65.2 Å². The van der Waals surface area contributed by atoms with Crippen molar-refractivity contribution < 1.29 is 22.9 Å². The normalized spacial score (nSPS) is 11.2. The molecule has 4 rings (SSSR count). The van der Waals surface area contributed by atoms with Crippen LogP contribution in [0.3, 0.4) is 0 Å². The molecule has 0 atom stereocenters. The number of para-hydroxylation sites is 1. The molecule has 1 amide bonds. The molecule has 0 saturated heterocycles. The zero-order chi connectivity index (χ0) is 28.5. The van der Waals surface area contributed by atoms with E-state index in [2.05, 4.69) is 10.5 Å². The van der Waals surface area contributed by atoms with Gasteiger partial charge in [-0.2, -0.15) is 5.10 Å². The Hall–Kier alpha value is -5.03. The van der Waals surface area contributed by atoms with Crippen LogP contribution in [0.25, 0.3) is 0 Å². The Labute approximate surface area is 231 Å². The minimum Gasteiger partial charge on any atom is -0.489 e. The number of carbonyl (C=O) groups is 1. The summed E-state index contributed by atoms with van der Waals surface area (Å²) in [6.07, 6.45) is 2.56. The van der Waals surface area contributed by atoms with Crippen molar-refractivity contribution in [1.82, 2.24) is 5.43 Å². The summed E-state index contributed by atoms with van der Waals surface area (Å²) in [5.41, 5.74) is 5.15. The average Bonchev–Trinajstić information content (AvgIpc) is 2.95. The molecule has 0 unspecified atom stereocenters. The quantitative estimate of drug-likeness (QED) is 0.158. The first kappa shape index (κ1) is 28.0. The summed E-state index contributed by atoms with van der Waals surface area (Å²) in [6, 6.07) is 28.7. The van der Waals surface area contributed by atoms with E-state index in [1.807, 2.05) is 30.3 Å². The summed E-state index contributed by atoms with van der Waals surface area (Å²) in [4.78, 5) is 23.3. The lowest BCUT2D eigenvalue weighted by Gasteiger charge is -2.24. The molecule has 4 aromatic rings. The Morgan fingerprint density at radius 1 is 0.925 bits per heavy atom. The Balaban J connectivity index is 1.39. The zero-order valence-corrected chi connectivity index (χ0v) is 22.3. The van der Waals surface area contributed by atoms with E-state index in [0.29, 0.717) is 11.3 Å². The molecular weight excluding hydrogens is 532 g/mol. The third-order valence-electron chi connectivity index (χ3n) is 5.80. The second-order valence-electron chi connectivity index (χ2n) is 8.75. The molecule has 0 aliphatic heterocycles. The first-order valence-electron chi connectivity index (χ1n) is 12.1. The minimum atomic E-state index is -3.69. The summed E-state index contributed by atoms with van der Waals surface area (Å²) in [7, 11) is -3.69. The van der Waals surface area contributed by atoms with E-state index in [4.69, 9.17) is 4.74 Å². The number of non-ortho nitro benzene ring substituents is 1. The van der Waals surface area contributed by atoms with Crippen LogP contribution >= 0.6 is 0 Å². The fraction of sp³-hybridized carbons (Fsp3) is 0.103. The van der Waals surface area contributed by atoms with Crippen molar-refractivity contribution in [2.24, 2.45) is 5.10 Å². The van der Waals surface area contributed by atoms with E-state index in [1.54, 1.807) is 60.7 Å². The smallest absolute Gasteiger partial charge is 0.273 e. The Kier molecular flexibility index (Phi) is 8.87. The predicted molar refractivity (Wildman–Crippen MR) is 153 cm³/mol. The molecule has 0 aromatic heterocycles. The molecule has 0 spiro atoms. The molecule has 204 valence electrons. The van der Waals surface area contributed by atoms with E-state index in [-0.39, 0.29) is 30.1 Å². The maximum absolute atomic E-state index is 13.0. The molecule has 4 aromatic carbocycles. The lowest BCUT2D eigenvalue weighted by molar-refractivity contribution is -0.384. The van der Waals surface area contributed by atoms with Crippen LogP contribution in [0.2, 0.25) is 0 Å². The second kappa shape index (κ2) is 12.7. The molecule has 1 N–H and O–H groups in total. The number of anilines is 1. The number of nitro groups is 1. The first-order chi connectivity index (χ1) is 19.2. The van der Waals surface area contributed by atoms with Crippen molar-refractivity contribution in [3.63, 3.8) is 0 Å². The van der Waals surface area contributed by atoms with Gasteiger partial charge in [0.2, 0.25) is 10.0 Å². The molecule has 0 heterocycles. The molecule has 11 heteroatoms. The van der Waals surface area contributed by atoms with Crippen LogP contribution < -0.4 is 14.5 Å². The molecule has 40 heavy (non-hydrogen) atoms. The fourth-order valence-electron chi connectivity index (χ4n) is 3.77. The van der Waals surface area contributed by atoms with Crippen LogP contribution in [0, 0.1) is 10.1 Å². The van der Waals surface area contributed by atoms with E-state index in [9.17, 15) is 23.3 Å². The third kappa shape index (κ3) is 7.51. The molecule has 0 radical (unpaired) electrons. The molecule has 0 aliphatic carbocycles. The lowest BCUT2D eigenvalue weighted by Crippen LogP contribution is -2.32. The average molecular weight is 559 g/mol. The Morgan fingerprint density at radius 3 is 2.23 bits per heavy atom. The number of benzene rings is 4. The molecule has 0 saturated carbocycles. The topological polar surface area (TPSA) is 131 Å². The van der Waals surface area contributed by atoms with Gasteiger partial charge < -0.3 is 4.74 Å². The van der Waals surface area contributed by atoms with Crippen LogP contribution in [-0.2, 0) is 23.2 Å². The predicted octanol–water partition coefficient (Wildman–Crippen LogP) is 4.90.